The predicted molar refractivity (Wildman–Crippen MR) is 70.1 cm³/mol. The van der Waals surface area contributed by atoms with E-state index in [1.54, 1.807) is 0 Å². The van der Waals surface area contributed by atoms with Crippen molar-refractivity contribution in [3.05, 3.63) is 0 Å². The van der Waals surface area contributed by atoms with E-state index in [1.807, 2.05) is 0 Å². The van der Waals surface area contributed by atoms with Crippen LogP contribution in [0.1, 0.15) is 46.0 Å². The highest BCUT2D eigenvalue weighted by Crippen LogP contribution is 2.36. The van der Waals surface area contributed by atoms with E-state index in [9.17, 15) is 13.2 Å². The summed E-state index contributed by atoms with van der Waals surface area (Å²) in [5.41, 5.74) is 0.0109. The fourth-order valence-corrected chi connectivity index (χ4v) is 2.98. The van der Waals surface area contributed by atoms with Gasteiger partial charge in [0.1, 0.15) is 0 Å². The minimum absolute atomic E-state index is 0.0109. The molecule has 0 spiro atoms. The molecule has 19 heavy (non-hydrogen) atoms. The second-order valence-corrected chi connectivity index (χ2v) is 6.34. The summed E-state index contributed by atoms with van der Waals surface area (Å²) in [4.78, 5) is 2.29. The zero-order valence-electron chi connectivity index (χ0n) is 11.9. The van der Waals surface area contributed by atoms with Gasteiger partial charge in [0.15, 0.2) is 0 Å². The molecule has 0 radical (unpaired) electrons. The van der Waals surface area contributed by atoms with E-state index >= 15 is 0 Å². The molecule has 112 valence electrons. The molecule has 0 aromatic heterocycles. The molecule has 2 atom stereocenters. The lowest BCUT2D eigenvalue weighted by atomic mass is 9.90. The summed E-state index contributed by atoms with van der Waals surface area (Å²) < 4.78 is 36.8. The topological polar surface area (TPSA) is 15.3 Å². The van der Waals surface area contributed by atoms with Crippen LogP contribution in [0, 0.1) is 5.92 Å². The van der Waals surface area contributed by atoms with Gasteiger partial charge in [-0.1, -0.05) is 6.92 Å². The van der Waals surface area contributed by atoms with Crippen molar-refractivity contribution in [2.24, 2.45) is 5.92 Å². The molecule has 1 aliphatic carbocycles. The molecule has 0 amide bonds. The highest BCUT2D eigenvalue weighted by atomic mass is 19.4. The molecule has 1 heterocycles. The molecule has 1 N–H and O–H groups in total. The average Bonchev–Trinajstić information content (AvgIpc) is 3.14. The largest absolute Gasteiger partial charge is 0.389 e. The number of alkyl halides is 3. The highest BCUT2D eigenvalue weighted by Gasteiger charge is 2.41. The van der Waals surface area contributed by atoms with Gasteiger partial charge in [0.2, 0.25) is 0 Å². The Labute approximate surface area is 113 Å². The third-order valence-electron chi connectivity index (χ3n) is 4.77. The first kappa shape index (κ1) is 15.1. The smallest absolute Gasteiger partial charge is 0.311 e. The first-order valence-corrected chi connectivity index (χ1v) is 7.39. The maximum atomic E-state index is 12.3. The van der Waals surface area contributed by atoms with Crippen LogP contribution in [0.3, 0.4) is 0 Å². The molecular formula is C14H25F3N2. The van der Waals surface area contributed by atoms with Gasteiger partial charge < -0.3 is 5.32 Å². The van der Waals surface area contributed by atoms with Crippen LogP contribution in [0.25, 0.3) is 0 Å². The van der Waals surface area contributed by atoms with Crippen LogP contribution < -0.4 is 5.32 Å². The van der Waals surface area contributed by atoms with E-state index in [4.69, 9.17) is 0 Å². The maximum Gasteiger partial charge on any atom is 0.389 e. The van der Waals surface area contributed by atoms with Crippen LogP contribution in [0.15, 0.2) is 0 Å². The SMILES string of the molecule is CCC1(C)CNC(C2CC2)CN1CCCC(F)(F)F. The lowest BCUT2D eigenvalue weighted by Gasteiger charge is -2.48. The maximum absolute atomic E-state index is 12.3. The molecule has 0 aromatic carbocycles. The number of hydrogen-bond acceptors (Lipinski definition) is 2. The van der Waals surface area contributed by atoms with E-state index in [0.29, 0.717) is 12.6 Å². The number of halogens is 3. The summed E-state index contributed by atoms with van der Waals surface area (Å²) in [6.07, 6.45) is -0.939. The van der Waals surface area contributed by atoms with Gasteiger partial charge in [-0.2, -0.15) is 13.2 Å². The van der Waals surface area contributed by atoms with Crippen molar-refractivity contribution in [3.8, 4) is 0 Å². The zero-order chi connectivity index (χ0) is 14.1. The summed E-state index contributed by atoms with van der Waals surface area (Å²) >= 11 is 0. The zero-order valence-corrected chi connectivity index (χ0v) is 11.9. The number of piperazine rings is 1. The normalized spacial score (nSPS) is 33.6. The lowest BCUT2D eigenvalue weighted by Crippen LogP contribution is -2.63. The van der Waals surface area contributed by atoms with E-state index in [1.165, 1.54) is 12.8 Å². The Bertz CT molecular complexity index is 302. The number of hydrogen-bond donors (Lipinski definition) is 1. The number of nitrogens with zero attached hydrogens (tertiary/aromatic N) is 1. The molecular weight excluding hydrogens is 253 g/mol. The molecule has 2 unspecified atom stereocenters. The van der Waals surface area contributed by atoms with Gasteiger partial charge in [0, 0.05) is 31.1 Å². The van der Waals surface area contributed by atoms with Gasteiger partial charge >= 0.3 is 6.18 Å². The van der Waals surface area contributed by atoms with Crippen LogP contribution in [0.4, 0.5) is 13.2 Å². The predicted octanol–water partition coefficient (Wildman–Crippen LogP) is 3.18. The van der Waals surface area contributed by atoms with E-state index < -0.39 is 12.6 Å². The van der Waals surface area contributed by atoms with Crippen LogP contribution in [-0.2, 0) is 0 Å². The summed E-state index contributed by atoms with van der Waals surface area (Å²) in [5, 5.41) is 3.60. The third-order valence-corrected chi connectivity index (χ3v) is 4.77. The molecule has 0 bridgehead atoms. The van der Waals surface area contributed by atoms with Gasteiger partial charge in [-0.25, -0.2) is 0 Å². The minimum Gasteiger partial charge on any atom is -0.311 e. The Morgan fingerprint density at radius 3 is 2.53 bits per heavy atom. The first-order valence-electron chi connectivity index (χ1n) is 7.39. The fraction of sp³-hybridized carbons (Fsp3) is 1.00. The molecule has 2 fully saturated rings. The average molecular weight is 278 g/mol. The van der Waals surface area contributed by atoms with Crippen molar-refractivity contribution >= 4 is 0 Å². The van der Waals surface area contributed by atoms with Crippen LogP contribution in [0.5, 0.6) is 0 Å². The number of nitrogens with one attached hydrogen (secondary N) is 1. The summed E-state index contributed by atoms with van der Waals surface area (Å²) in [7, 11) is 0. The second-order valence-electron chi connectivity index (χ2n) is 6.34. The Morgan fingerprint density at radius 2 is 2.00 bits per heavy atom. The molecule has 5 heteroatoms. The first-order chi connectivity index (χ1) is 8.84. The molecule has 2 rings (SSSR count). The second kappa shape index (κ2) is 5.60. The van der Waals surface area contributed by atoms with Crippen LogP contribution in [-0.4, -0.2) is 42.3 Å². The summed E-state index contributed by atoms with van der Waals surface area (Å²) in [5.74, 6) is 0.756. The molecule has 2 aliphatic rings. The van der Waals surface area contributed by atoms with Gasteiger partial charge in [0.25, 0.3) is 0 Å². The van der Waals surface area contributed by atoms with E-state index in [0.717, 1.165) is 25.4 Å². The van der Waals surface area contributed by atoms with E-state index in [2.05, 4.69) is 24.1 Å². The summed E-state index contributed by atoms with van der Waals surface area (Å²) in [6.45, 7) is 6.66. The summed E-state index contributed by atoms with van der Waals surface area (Å²) in [6, 6.07) is 0.491. The van der Waals surface area contributed by atoms with Gasteiger partial charge in [0.05, 0.1) is 0 Å². The van der Waals surface area contributed by atoms with Crippen LogP contribution >= 0.6 is 0 Å². The molecule has 1 saturated carbocycles. The van der Waals surface area contributed by atoms with Crippen LogP contribution in [0.2, 0.25) is 0 Å². The Kier molecular flexibility index (Phi) is 4.45. The standard InChI is InChI=1S/C14H25F3N2/c1-3-13(2)10-18-12(11-5-6-11)9-19(13)8-4-7-14(15,16)17/h11-12,18H,3-10H2,1-2H3. The molecule has 1 aliphatic heterocycles. The third kappa shape index (κ3) is 4.09. The van der Waals surface area contributed by atoms with Gasteiger partial charge in [-0.15, -0.1) is 0 Å². The van der Waals surface area contributed by atoms with Crippen molar-refractivity contribution in [3.63, 3.8) is 0 Å². The van der Waals surface area contributed by atoms with Gasteiger partial charge in [-0.3, -0.25) is 4.90 Å². The number of rotatable bonds is 5. The van der Waals surface area contributed by atoms with E-state index in [-0.39, 0.29) is 12.0 Å². The van der Waals surface area contributed by atoms with Gasteiger partial charge in [-0.05, 0) is 45.1 Å². The minimum atomic E-state index is -4.02. The monoisotopic (exact) mass is 278 g/mol. The Hall–Kier alpha value is -0.290. The molecule has 1 saturated heterocycles. The van der Waals surface area contributed by atoms with Crippen molar-refractivity contribution in [1.29, 1.82) is 0 Å². The molecule has 2 nitrogen and oxygen atoms in total. The van der Waals surface area contributed by atoms with Crippen molar-refractivity contribution < 1.29 is 13.2 Å². The fourth-order valence-electron chi connectivity index (χ4n) is 2.98. The van der Waals surface area contributed by atoms with Crippen molar-refractivity contribution in [1.82, 2.24) is 10.2 Å². The highest BCUT2D eigenvalue weighted by molar-refractivity contribution is 4.99. The van der Waals surface area contributed by atoms with Crippen molar-refractivity contribution in [2.45, 2.75) is 63.7 Å². The Balaban J connectivity index is 1.88. The Morgan fingerprint density at radius 1 is 1.32 bits per heavy atom. The molecule has 0 aromatic rings. The van der Waals surface area contributed by atoms with Crippen molar-refractivity contribution in [2.75, 3.05) is 19.6 Å². The lowest BCUT2D eigenvalue weighted by molar-refractivity contribution is -0.137. The quantitative estimate of drug-likeness (QED) is 0.831.